The van der Waals surface area contributed by atoms with Crippen molar-refractivity contribution in [1.82, 2.24) is 13.4 Å². The third kappa shape index (κ3) is 3.51. The zero-order valence-corrected chi connectivity index (χ0v) is 16.0. The second-order valence-corrected chi connectivity index (χ2v) is 8.27. The highest BCUT2D eigenvalue weighted by Crippen LogP contribution is 2.20. The highest BCUT2D eigenvalue weighted by Gasteiger charge is 2.24. The van der Waals surface area contributed by atoms with E-state index in [0.717, 1.165) is 4.31 Å². The number of fused-ring (bicyclic) bond motifs is 1. The Labute approximate surface area is 156 Å². The van der Waals surface area contributed by atoms with Crippen LogP contribution in [0.25, 0.3) is 11.0 Å². The normalized spacial score (nSPS) is 11.9. The molecule has 142 valence electrons. The number of carbonyl (C=O) groups is 1. The van der Waals surface area contributed by atoms with Crippen molar-refractivity contribution in [2.24, 2.45) is 14.1 Å². The van der Waals surface area contributed by atoms with Gasteiger partial charge in [0.2, 0.25) is 15.9 Å². The molecule has 0 saturated heterocycles. The van der Waals surface area contributed by atoms with Crippen LogP contribution in [0.1, 0.15) is 0 Å². The molecule has 27 heavy (non-hydrogen) atoms. The van der Waals surface area contributed by atoms with Crippen molar-refractivity contribution < 1.29 is 13.2 Å². The van der Waals surface area contributed by atoms with E-state index in [1.165, 1.54) is 28.3 Å². The van der Waals surface area contributed by atoms with Gasteiger partial charge in [-0.2, -0.15) is 4.31 Å². The van der Waals surface area contributed by atoms with E-state index in [1.54, 1.807) is 44.4 Å². The van der Waals surface area contributed by atoms with Crippen LogP contribution in [0, 0.1) is 0 Å². The number of para-hydroxylation sites is 1. The number of aryl methyl sites for hydroxylation is 2. The summed E-state index contributed by atoms with van der Waals surface area (Å²) in [6.45, 7) is -0.330. The van der Waals surface area contributed by atoms with E-state index in [-0.39, 0.29) is 17.1 Å². The monoisotopic (exact) mass is 388 g/mol. The lowest BCUT2D eigenvalue weighted by molar-refractivity contribution is -0.116. The summed E-state index contributed by atoms with van der Waals surface area (Å²) in [6.07, 6.45) is 0. The number of hydrogen-bond donors (Lipinski definition) is 1. The molecule has 1 amide bonds. The first kappa shape index (κ1) is 18.9. The van der Waals surface area contributed by atoms with Gasteiger partial charge in [-0.1, -0.05) is 18.2 Å². The van der Waals surface area contributed by atoms with E-state index in [0.29, 0.717) is 16.7 Å². The Bertz CT molecular complexity index is 1160. The van der Waals surface area contributed by atoms with Crippen LogP contribution in [0.4, 0.5) is 5.69 Å². The van der Waals surface area contributed by atoms with Crippen LogP contribution < -0.4 is 11.0 Å². The molecule has 3 aromatic rings. The smallest absolute Gasteiger partial charge is 0.325 e. The minimum absolute atomic E-state index is 0.0196. The van der Waals surface area contributed by atoms with E-state index in [9.17, 15) is 18.0 Å². The second-order valence-electron chi connectivity index (χ2n) is 6.23. The first-order valence-electron chi connectivity index (χ1n) is 8.18. The van der Waals surface area contributed by atoms with Crippen LogP contribution in [0.15, 0.2) is 58.2 Å². The van der Waals surface area contributed by atoms with Crippen molar-refractivity contribution in [3.05, 3.63) is 59.0 Å². The largest absolute Gasteiger partial charge is 0.328 e. The van der Waals surface area contributed by atoms with E-state index >= 15 is 0 Å². The summed E-state index contributed by atoms with van der Waals surface area (Å²) in [7, 11) is 0.656. The van der Waals surface area contributed by atoms with Gasteiger partial charge in [-0.15, -0.1) is 0 Å². The maximum atomic E-state index is 12.8. The fourth-order valence-corrected chi connectivity index (χ4v) is 3.98. The number of rotatable bonds is 5. The molecule has 0 atom stereocenters. The molecule has 0 aliphatic heterocycles. The number of benzene rings is 2. The predicted molar refractivity (Wildman–Crippen MR) is 103 cm³/mol. The summed E-state index contributed by atoms with van der Waals surface area (Å²) in [5, 5.41) is 2.65. The SMILES string of the molecule is CN(CC(=O)Nc1ccccc1)S(=O)(=O)c1ccc2c(c1)n(C)c(=O)n2C. The average Bonchev–Trinajstić information content (AvgIpc) is 2.86. The number of amides is 1. The molecule has 0 aliphatic carbocycles. The van der Waals surface area contributed by atoms with Gasteiger partial charge in [-0.3, -0.25) is 13.9 Å². The zero-order valence-electron chi connectivity index (χ0n) is 15.2. The van der Waals surface area contributed by atoms with Crippen molar-refractivity contribution in [3.63, 3.8) is 0 Å². The molecule has 0 fully saturated rings. The van der Waals surface area contributed by atoms with Gasteiger partial charge in [0.1, 0.15) is 0 Å². The van der Waals surface area contributed by atoms with Gasteiger partial charge in [0.15, 0.2) is 0 Å². The molecule has 1 N–H and O–H groups in total. The first-order valence-corrected chi connectivity index (χ1v) is 9.62. The lowest BCUT2D eigenvalue weighted by Crippen LogP contribution is -2.35. The molecule has 8 nitrogen and oxygen atoms in total. The van der Waals surface area contributed by atoms with Crippen molar-refractivity contribution >= 4 is 32.7 Å². The second kappa shape index (κ2) is 7.01. The van der Waals surface area contributed by atoms with Gasteiger partial charge in [-0.25, -0.2) is 13.2 Å². The predicted octanol–water partition coefficient (Wildman–Crippen LogP) is 1.14. The van der Waals surface area contributed by atoms with E-state index < -0.39 is 15.9 Å². The molecule has 1 aromatic heterocycles. The third-order valence-electron chi connectivity index (χ3n) is 4.38. The fraction of sp³-hybridized carbons (Fsp3) is 0.222. The van der Waals surface area contributed by atoms with Crippen molar-refractivity contribution in [3.8, 4) is 0 Å². The fourth-order valence-electron chi connectivity index (χ4n) is 2.84. The molecule has 0 spiro atoms. The van der Waals surface area contributed by atoms with E-state index in [4.69, 9.17) is 0 Å². The summed E-state index contributed by atoms with van der Waals surface area (Å²) in [6, 6.07) is 13.3. The Morgan fingerprint density at radius 2 is 1.67 bits per heavy atom. The number of anilines is 1. The van der Waals surface area contributed by atoms with Crippen LogP contribution in [0.2, 0.25) is 0 Å². The molecule has 0 saturated carbocycles. The minimum Gasteiger partial charge on any atom is -0.325 e. The molecule has 2 aromatic carbocycles. The van der Waals surface area contributed by atoms with Crippen molar-refractivity contribution in [2.45, 2.75) is 4.90 Å². The van der Waals surface area contributed by atoms with E-state index in [1.807, 2.05) is 6.07 Å². The Hall–Kier alpha value is -2.91. The maximum absolute atomic E-state index is 12.8. The molecule has 9 heteroatoms. The van der Waals surface area contributed by atoms with Gasteiger partial charge in [-0.05, 0) is 30.3 Å². The van der Waals surface area contributed by atoms with Gasteiger partial charge < -0.3 is 5.32 Å². The Balaban J connectivity index is 1.85. The Morgan fingerprint density at radius 1 is 1.04 bits per heavy atom. The lowest BCUT2D eigenvalue weighted by atomic mass is 10.3. The third-order valence-corrected chi connectivity index (χ3v) is 6.17. The van der Waals surface area contributed by atoms with E-state index in [2.05, 4.69) is 5.32 Å². The summed E-state index contributed by atoms with van der Waals surface area (Å²) in [5.41, 5.74) is 1.49. The van der Waals surface area contributed by atoms with Crippen molar-refractivity contribution in [1.29, 1.82) is 0 Å². The average molecular weight is 388 g/mol. The molecule has 3 rings (SSSR count). The highest BCUT2D eigenvalue weighted by molar-refractivity contribution is 7.89. The number of imidazole rings is 1. The summed E-state index contributed by atoms with van der Waals surface area (Å²) in [5.74, 6) is -0.444. The Kier molecular flexibility index (Phi) is 4.90. The molecule has 1 heterocycles. The molecule has 0 bridgehead atoms. The van der Waals surface area contributed by atoms with Gasteiger partial charge in [0.25, 0.3) is 0 Å². The number of aromatic nitrogens is 2. The standard InChI is InChI=1S/C18H20N4O4S/c1-20(12-17(23)19-13-7-5-4-6-8-13)27(25,26)14-9-10-15-16(11-14)22(3)18(24)21(15)2/h4-11H,12H2,1-3H3,(H,19,23). The van der Waals surface area contributed by atoms with Crippen LogP contribution in [-0.4, -0.2) is 41.4 Å². The maximum Gasteiger partial charge on any atom is 0.328 e. The lowest BCUT2D eigenvalue weighted by Gasteiger charge is -2.17. The van der Waals surface area contributed by atoms with Crippen LogP contribution >= 0.6 is 0 Å². The Morgan fingerprint density at radius 3 is 2.33 bits per heavy atom. The highest BCUT2D eigenvalue weighted by atomic mass is 32.2. The molecular formula is C18H20N4O4S. The van der Waals surface area contributed by atoms with Crippen LogP contribution in [0.5, 0.6) is 0 Å². The minimum atomic E-state index is -3.89. The van der Waals surface area contributed by atoms with Crippen molar-refractivity contribution in [2.75, 3.05) is 18.9 Å². The first-order chi connectivity index (χ1) is 12.7. The van der Waals surface area contributed by atoms with Gasteiger partial charge in [0.05, 0.1) is 22.5 Å². The quantitative estimate of drug-likeness (QED) is 0.709. The molecular weight excluding hydrogens is 368 g/mol. The summed E-state index contributed by atoms with van der Waals surface area (Å²) in [4.78, 5) is 24.2. The van der Waals surface area contributed by atoms with Crippen LogP contribution in [0.3, 0.4) is 0 Å². The van der Waals surface area contributed by atoms with Gasteiger partial charge >= 0.3 is 5.69 Å². The summed E-state index contributed by atoms with van der Waals surface area (Å²) < 4.78 is 29.4. The number of likely N-dealkylation sites (N-methyl/N-ethyl adjacent to an activating group) is 1. The van der Waals surface area contributed by atoms with Crippen LogP contribution in [-0.2, 0) is 28.9 Å². The molecule has 0 aliphatic rings. The number of carbonyl (C=O) groups excluding carboxylic acids is 1. The number of nitrogens with one attached hydrogen (secondary N) is 1. The van der Waals surface area contributed by atoms with Gasteiger partial charge in [0, 0.05) is 26.8 Å². The summed E-state index contributed by atoms with van der Waals surface area (Å²) >= 11 is 0. The number of nitrogens with zero attached hydrogens (tertiary/aromatic N) is 3. The topological polar surface area (TPSA) is 93.4 Å². The number of sulfonamides is 1. The number of hydrogen-bond acceptors (Lipinski definition) is 4. The molecule has 0 radical (unpaired) electrons. The molecule has 0 unspecified atom stereocenters. The zero-order chi connectivity index (χ0) is 19.8.